The van der Waals surface area contributed by atoms with Crippen LogP contribution in [0.1, 0.15) is 71.3 Å². The van der Waals surface area contributed by atoms with Crippen LogP contribution in [0.4, 0.5) is 0 Å². The van der Waals surface area contributed by atoms with E-state index < -0.39 is 57.8 Å². The molecule has 0 saturated heterocycles. The number of rotatable bonds is 4. The van der Waals surface area contributed by atoms with Crippen molar-refractivity contribution in [1.29, 1.82) is 0 Å². The molecular formula is C30H40O7. The predicted molar refractivity (Wildman–Crippen MR) is 138 cm³/mol. The van der Waals surface area contributed by atoms with Gasteiger partial charge >= 0.3 is 5.97 Å². The summed E-state index contributed by atoms with van der Waals surface area (Å²) in [6.45, 7) is 5.26. The SMILES string of the molecule is C[C@H](OC(=O)/C=C/c1ccccc1)[C@]1(O)CC[C@@]2(O)[C@]1(C)[C@H](O)C[C@@H]1[C@@]3(C)CC[C@H](O)CC3=CC[C@]12O. The first-order valence-corrected chi connectivity index (χ1v) is 13.5. The molecule has 0 spiro atoms. The Kier molecular flexibility index (Phi) is 6.28. The first-order valence-electron chi connectivity index (χ1n) is 13.5. The van der Waals surface area contributed by atoms with Crippen LogP contribution >= 0.6 is 0 Å². The highest BCUT2D eigenvalue weighted by Crippen LogP contribution is 2.70. The molecule has 1 aromatic rings. The second-order valence-electron chi connectivity index (χ2n) is 12.3. The van der Waals surface area contributed by atoms with Crippen molar-refractivity contribution in [2.45, 2.75) is 101 Å². The van der Waals surface area contributed by atoms with Gasteiger partial charge in [0.25, 0.3) is 0 Å². The van der Waals surface area contributed by atoms with Gasteiger partial charge in [0, 0.05) is 12.0 Å². The van der Waals surface area contributed by atoms with Gasteiger partial charge in [-0.15, -0.1) is 0 Å². The maximum absolute atomic E-state index is 12.6. The summed E-state index contributed by atoms with van der Waals surface area (Å²) >= 11 is 0. The topological polar surface area (TPSA) is 127 Å². The van der Waals surface area contributed by atoms with Gasteiger partial charge in [-0.1, -0.05) is 55.8 Å². The van der Waals surface area contributed by atoms with Gasteiger partial charge in [0.1, 0.15) is 22.9 Å². The van der Waals surface area contributed by atoms with Gasteiger partial charge < -0.3 is 30.3 Å². The molecule has 0 aromatic heterocycles. The Bertz CT molecular complexity index is 1120. The highest BCUT2D eigenvalue weighted by molar-refractivity contribution is 5.87. The number of hydrogen-bond acceptors (Lipinski definition) is 7. The van der Waals surface area contributed by atoms with Crippen molar-refractivity contribution in [1.82, 2.24) is 0 Å². The van der Waals surface area contributed by atoms with Gasteiger partial charge in [0.2, 0.25) is 0 Å². The van der Waals surface area contributed by atoms with Crippen LogP contribution in [-0.2, 0) is 9.53 Å². The van der Waals surface area contributed by atoms with Gasteiger partial charge in [0.05, 0.1) is 17.6 Å². The van der Waals surface area contributed by atoms with Crippen LogP contribution in [0.25, 0.3) is 6.08 Å². The number of carbonyl (C=O) groups excluding carboxylic acids is 1. The minimum absolute atomic E-state index is 0.0632. The van der Waals surface area contributed by atoms with E-state index in [9.17, 15) is 30.3 Å². The zero-order valence-corrected chi connectivity index (χ0v) is 21.9. The fraction of sp³-hybridized carbons (Fsp3) is 0.633. The Labute approximate surface area is 218 Å². The lowest BCUT2D eigenvalue weighted by molar-refractivity contribution is -0.325. The van der Waals surface area contributed by atoms with E-state index >= 15 is 0 Å². The Balaban J connectivity index is 1.44. The average molecular weight is 513 g/mol. The monoisotopic (exact) mass is 512 g/mol. The van der Waals surface area contributed by atoms with Crippen molar-refractivity contribution < 1.29 is 35.1 Å². The fourth-order valence-electron chi connectivity index (χ4n) is 8.39. The van der Waals surface area contributed by atoms with E-state index in [1.165, 1.54) is 6.08 Å². The summed E-state index contributed by atoms with van der Waals surface area (Å²) in [6.07, 6.45) is 4.55. The summed E-state index contributed by atoms with van der Waals surface area (Å²) in [5, 5.41) is 58.5. The number of ether oxygens (including phenoxy) is 1. The van der Waals surface area contributed by atoms with Crippen molar-refractivity contribution in [2.75, 3.05) is 0 Å². The number of esters is 1. The molecule has 0 aliphatic heterocycles. The molecule has 1 aromatic carbocycles. The van der Waals surface area contributed by atoms with Crippen molar-refractivity contribution in [3.05, 3.63) is 53.6 Å². The second-order valence-corrected chi connectivity index (χ2v) is 12.3. The van der Waals surface area contributed by atoms with E-state index in [0.29, 0.717) is 19.3 Å². The van der Waals surface area contributed by atoms with Crippen LogP contribution in [0.5, 0.6) is 0 Å². The lowest BCUT2D eigenvalue weighted by Gasteiger charge is -2.67. The van der Waals surface area contributed by atoms with E-state index in [4.69, 9.17) is 4.74 Å². The average Bonchev–Trinajstić information content (AvgIpc) is 3.10. The number of hydrogen-bond donors (Lipinski definition) is 5. The van der Waals surface area contributed by atoms with Crippen molar-refractivity contribution in [2.24, 2.45) is 16.7 Å². The summed E-state index contributed by atoms with van der Waals surface area (Å²) in [5.74, 6) is -1.07. The third-order valence-corrected chi connectivity index (χ3v) is 10.8. The zero-order chi connectivity index (χ0) is 26.9. The summed E-state index contributed by atoms with van der Waals surface area (Å²) in [5.41, 5.74) is -5.25. The molecule has 7 nitrogen and oxygen atoms in total. The van der Waals surface area contributed by atoms with E-state index in [0.717, 1.165) is 11.1 Å². The number of aliphatic hydroxyl groups is 5. The van der Waals surface area contributed by atoms with Crippen molar-refractivity contribution >= 4 is 12.0 Å². The lowest BCUT2D eigenvalue weighted by atomic mass is 9.42. The van der Waals surface area contributed by atoms with Crippen LogP contribution in [0, 0.1) is 16.7 Å². The van der Waals surface area contributed by atoms with Crippen molar-refractivity contribution in [3.8, 4) is 0 Å². The maximum Gasteiger partial charge on any atom is 0.331 e. The van der Waals surface area contributed by atoms with Crippen molar-refractivity contribution in [3.63, 3.8) is 0 Å². The van der Waals surface area contributed by atoms with Gasteiger partial charge in [-0.2, -0.15) is 0 Å². The minimum atomic E-state index is -1.81. The molecule has 0 radical (unpaired) electrons. The molecule has 7 heteroatoms. The third kappa shape index (κ3) is 3.54. The van der Waals surface area contributed by atoms with Crippen LogP contribution < -0.4 is 0 Å². The number of carbonyl (C=O) groups is 1. The molecule has 0 unspecified atom stereocenters. The Morgan fingerprint density at radius 1 is 1.08 bits per heavy atom. The number of fused-ring (bicyclic) bond motifs is 5. The second kappa shape index (κ2) is 8.75. The predicted octanol–water partition coefficient (Wildman–Crippen LogP) is 2.89. The first kappa shape index (κ1) is 26.6. The third-order valence-electron chi connectivity index (χ3n) is 10.8. The molecule has 5 rings (SSSR count). The van der Waals surface area contributed by atoms with Crippen LogP contribution in [0.3, 0.4) is 0 Å². The highest BCUT2D eigenvalue weighted by Gasteiger charge is 2.80. The summed E-state index contributed by atoms with van der Waals surface area (Å²) in [7, 11) is 0. The van der Waals surface area contributed by atoms with Gasteiger partial charge in [-0.25, -0.2) is 4.79 Å². The molecule has 4 aliphatic rings. The van der Waals surface area contributed by atoms with Gasteiger partial charge in [-0.3, -0.25) is 0 Å². The highest BCUT2D eigenvalue weighted by atomic mass is 16.6. The largest absolute Gasteiger partial charge is 0.456 e. The van der Waals surface area contributed by atoms with Crippen LogP contribution in [-0.4, -0.2) is 66.6 Å². The number of benzene rings is 1. The molecule has 202 valence electrons. The van der Waals surface area contributed by atoms with Crippen LogP contribution in [0.15, 0.2) is 48.1 Å². The normalized spacial score (nSPS) is 45.9. The van der Waals surface area contributed by atoms with E-state index in [2.05, 4.69) is 6.92 Å². The molecule has 9 atom stereocenters. The fourth-order valence-corrected chi connectivity index (χ4v) is 8.39. The zero-order valence-electron chi connectivity index (χ0n) is 21.9. The summed E-state index contributed by atoms with van der Waals surface area (Å²) in [4.78, 5) is 12.6. The molecule has 0 amide bonds. The smallest absolute Gasteiger partial charge is 0.331 e. The molecule has 37 heavy (non-hydrogen) atoms. The van der Waals surface area contributed by atoms with Gasteiger partial charge in [-0.05, 0) is 68.9 Å². The maximum atomic E-state index is 12.6. The van der Waals surface area contributed by atoms with E-state index in [-0.39, 0.29) is 25.7 Å². The minimum Gasteiger partial charge on any atom is -0.456 e. The molecule has 0 bridgehead atoms. The quantitative estimate of drug-likeness (QED) is 0.238. The van der Waals surface area contributed by atoms with Crippen LogP contribution in [0.2, 0.25) is 0 Å². The molecule has 0 heterocycles. The molecule has 3 fully saturated rings. The molecule has 4 aliphatic carbocycles. The summed E-state index contributed by atoms with van der Waals surface area (Å²) < 4.78 is 5.63. The van der Waals surface area contributed by atoms with E-state index in [1.807, 2.05) is 36.4 Å². The van der Waals surface area contributed by atoms with Gasteiger partial charge in [0.15, 0.2) is 0 Å². The Morgan fingerprint density at radius 2 is 1.78 bits per heavy atom. The molecular weight excluding hydrogens is 472 g/mol. The van der Waals surface area contributed by atoms with E-state index in [1.54, 1.807) is 19.9 Å². The lowest BCUT2D eigenvalue weighted by Crippen LogP contribution is -2.78. The first-order chi connectivity index (χ1) is 17.3. The molecule has 5 N–H and O–H groups in total. The standard InChI is InChI=1S/C30H40O7/c1-19(37-25(33)10-9-20-7-5-4-6-8-20)28(34)15-16-30(36)27(28,3)24(32)18-23-26(2)13-12-22(31)17-21(26)11-14-29(23,30)35/h4-11,19,22-24,31-32,34-36H,12-18H2,1-3H3/b10-9+/t19-,22-,23+,24+,26-,27+,28+,29-,30+/m0/s1. The number of aliphatic hydroxyl groups excluding tert-OH is 2. The summed E-state index contributed by atoms with van der Waals surface area (Å²) in [6, 6.07) is 9.30. The Morgan fingerprint density at radius 3 is 2.49 bits per heavy atom. The molecule has 3 saturated carbocycles. The Hall–Kier alpha value is -2.03.